The van der Waals surface area contributed by atoms with E-state index in [0.29, 0.717) is 6.61 Å². The Morgan fingerprint density at radius 1 is 1.21 bits per heavy atom. The Bertz CT molecular complexity index is 515. The van der Waals surface area contributed by atoms with Gasteiger partial charge in [0.15, 0.2) is 11.5 Å². The van der Waals surface area contributed by atoms with Gasteiger partial charge in [0.05, 0.1) is 7.11 Å². The Balaban J connectivity index is 2.11. The van der Waals surface area contributed by atoms with Crippen LogP contribution in [0.3, 0.4) is 0 Å². The zero-order valence-corrected chi connectivity index (χ0v) is 11.2. The lowest BCUT2D eigenvalue weighted by atomic mass is 10.2. The molecule has 0 fully saturated rings. The molecule has 1 N–H and O–H groups in total. The molecule has 1 heterocycles. The van der Waals surface area contributed by atoms with Crippen LogP contribution in [-0.2, 0) is 6.61 Å². The minimum atomic E-state index is 0.472. The Kier molecular flexibility index (Phi) is 4.61. The fourth-order valence-corrected chi connectivity index (χ4v) is 1.75. The van der Waals surface area contributed by atoms with Crippen LogP contribution in [0.2, 0.25) is 0 Å². The van der Waals surface area contributed by atoms with Gasteiger partial charge in [-0.05, 0) is 25.1 Å². The highest BCUT2D eigenvalue weighted by Gasteiger charge is 2.06. The molecule has 0 saturated heterocycles. The molecule has 2 rings (SSSR count). The van der Waals surface area contributed by atoms with Crippen LogP contribution in [0.25, 0.3) is 0 Å². The van der Waals surface area contributed by atoms with Gasteiger partial charge in [0.25, 0.3) is 0 Å². The van der Waals surface area contributed by atoms with E-state index >= 15 is 0 Å². The first-order valence-electron chi connectivity index (χ1n) is 6.27. The minimum Gasteiger partial charge on any atom is -0.493 e. The first-order chi connectivity index (χ1) is 9.33. The molecule has 0 aliphatic heterocycles. The van der Waals surface area contributed by atoms with Crippen molar-refractivity contribution in [3.63, 3.8) is 0 Å². The van der Waals surface area contributed by atoms with Crippen molar-refractivity contribution in [1.29, 1.82) is 0 Å². The molecule has 0 radical (unpaired) electrons. The van der Waals surface area contributed by atoms with Crippen molar-refractivity contribution in [3.05, 3.63) is 48.3 Å². The Morgan fingerprint density at radius 3 is 2.79 bits per heavy atom. The van der Waals surface area contributed by atoms with Gasteiger partial charge in [-0.2, -0.15) is 0 Å². The van der Waals surface area contributed by atoms with Gasteiger partial charge in [0.1, 0.15) is 6.61 Å². The summed E-state index contributed by atoms with van der Waals surface area (Å²) in [5.74, 6) is 1.45. The van der Waals surface area contributed by atoms with Gasteiger partial charge >= 0.3 is 0 Å². The van der Waals surface area contributed by atoms with Gasteiger partial charge in [0, 0.05) is 36.3 Å². The largest absolute Gasteiger partial charge is 0.493 e. The monoisotopic (exact) mass is 258 g/mol. The van der Waals surface area contributed by atoms with Gasteiger partial charge in [-0.1, -0.05) is 6.07 Å². The standard InChI is InChI=1S/C15H18N2O2/c1-3-17-13-6-7-14(18-2)15(9-13)19-11-12-5-4-8-16-10-12/h4-10,17H,3,11H2,1-2H3. The van der Waals surface area contributed by atoms with Crippen molar-refractivity contribution in [2.24, 2.45) is 0 Å². The van der Waals surface area contributed by atoms with Crippen LogP contribution < -0.4 is 14.8 Å². The third-order valence-corrected chi connectivity index (χ3v) is 2.66. The molecule has 0 atom stereocenters. The van der Waals surface area contributed by atoms with E-state index in [0.717, 1.165) is 29.3 Å². The van der Waals surface area contributed by atoms with Crippen LogP contribution in [-0.4, -0.2) is 18.6 Å². The molecule has 4 heteroatoms. The van der Waals surface area contributed by atoms with Crippen LogP contribution in [0, 0.1) is 0 Å². The topological polar surface area (TPSA) is 43.4 Å². The van der Waals surface area contributed by atoms with E-state index in [9.17, 15) is 0 Å². The lowest BCUT2D eigenvalue weighted by Crippen LogP contribution is -2.00. The molecule has 19 heavy (non-hydrogen) atoms. The van der Waals surface area contributed by atoms with Crippen LogP contribution in [0.1, 0.15) is 12.5 Å². The number of methoxy groups -OCH3 is 1. The summed E-state index contributed by atoms with van der Waals surface area (Å²) in [5, 5.41) is 3.25. The summed E-state index contributed by atoms with van der Waals surface area (Å²) in [4.78, 5) is 4.06. The van der Waals surface area contributed by atoms with E-state index < -0.39 is 0 Å². The van der Waals surface area contributed by atoms with Crippen molar-refractivity contribution in [2.75, 3.05) is 19.0 Å². The first-order valence-corrected chi connectivity index (χ1v) is 6.27. The number of anilines is 1. The maximum Gasteiger partial charge on any atom is 0.163 e. The second-order valence-electron chi connectivity index (χ2n) is 4.05. The van der Waals surface area contributed by atoms with Crippen molar-refractivity contribution >= 4 is 5.69 Å². The number of rotatable bonds is 6. The molecule has 0 amide bonds. The van der Waals surface area contributed by atoms with E-state index in [-0.39, 0.29) is 0 Å². The molecule has 0 saturated carbocycles. The lowest BCUT2D eigenvalue weighted by molar-refractivity contribution is 0.284. The number of nitrogens with zero attached hydrogens (tertiary/aromatic N) is 1. The van der Waals surface area contributed by atoms with E-state index in [1.165, 1.54) is 0 Å². The third kappa shape index (κ3) is 3.61. The molecular formula is C15H18N2O2. The van der Waals surface area contributed by atoms with Crippen LogP contribution in [0.4, 0.5) is 5.69 Å². The van der Waals surface area contributed by atoms with Crippen molar-refractivity contribution < 1.29 is 9.47 Å². The highest BCUT2D eigenvalue weighted by Crippen LogP contribution is 2.30. The number of aromatic nitrogens is 1. The smallest absolute Gasteiger partial charge is 0.163 e. The number of benzene rings is 1. The van der Waals surface area contributed by atoms with Gasteiger partial charge in [-0.3, -0.25) is 4.98 Å². The average Bonchev–Trinajstić information content (AvgIpc) is 2.47. The number of hydrogen-bond acceptors (Lipinski definition) is 4. The predicted octanol–water partition coefficient (Wildman–Crippen LogP) is 3.10. The highest BCUT2D eigenvalue weighted by molar-refractivity contribution is 5.54. The number of ether oxygens (including phenoxy) is 2. The van der Waals surface area contributed by atoms with Crippen LogP contribution >= 0.6 is 0 Å². The lowest BCUT2D eigenvalue weighted by Gasteiger charge is -2.12. The normalized spacial score (nSPS) is 10.0. The molecule has 0 aliphatic carbocycles. The number of pyridine rings is 1. The summed E-state index contributed by atoms with van der Waals surface area (Å²) < 4.78 is 11.1. The molecule has 100 valence electrons. The quantitative estimate of drug-likeness (QED) is 0.864. The molecule has 1 aromatic carbocycles. The maximum atomic E-state index is 5.80. The summed E-state index contributed by atoms with van der Waals surface area (Å²) in [6.45, 7) is 3.40. The van der Waals surface area contributed by atoms with E-state index in [4.69, 9.17) is 9.47 Å². The fraction of sp³-hybridized carbons (Fsp3) is 0.267. The Morgan fingerprint density at radius 2 is 2.11 bits per heavy atom. The highest BCUT2D eigenvalue weighted by atomic mass is 16.5. The summed E-state index contributed by atoms with van der Waals surface area (Å²) in [6, 6.07) is 9.69. The SMILES string of the molecule is CCNc1ccc(OC)c(OCc2cccnc2)c1. The predicted molar refractivity (Wildman–Crippen MR) is 75.7 cm³/mol. The average molecular weight is 258 g/mol. The molecule has 0 spiro atoms. The number of nitrogens with one attached hydrogen (secondary N) is 1. The molecule has 0 bridgehead atoms. The van der Waals surface area contributed by atoms with Crippen molar-refractivity contribution in [3.8, 4) is 11.5 Å². The van der Waals surface area contributed by atoms with E-state index in [2.05, 4.69) is 17.2 Å². The molecule has 4 nitrogen and oxygen atoms in total. The second-order valence-corrected chi connectivity index (χ2v) is 4.05. The maximum absolute atomic E-state index is 5.80. The number of hydrogen-bond donors (Lipinski definition) is 1. The molecular weight excluding hydrogens is 240 g/mol. The fourth-order valence-electron chi connectivity index (χ4n) is 1.75. The van der Waals surface area contributed by atoms with E-state index in [1.807, 2.05) is 30.3 Å². The first kappa shape index (κ1) is 13.2. The zero-order valence-electron chi connectivity index (χ0n) is 11.2. The summed E-state index contributed by atoms with van der Waals surface area (Å²) in [5.41, 5.74) is 2.04. The van der Waals surface area contributed by atoms with Gasteiger partial charge in [-0.15, -0.1) is 0 Å². The molecule has 1 aromatic heterocycles. The summed E-state index contributed by atoms with van der Waals surface area (Å²) >= 11 is 0. The molecule has 2 aromatic rings. The molecule has 0 aliphatic rings. The van der Waals surface area contributed by atoms with Gasteiger partial charge in [-0.25, -0.2) is 0 Å². The third-order valence-electron chi connectivity index (χ3n) is 2.66. The minimum absolute atomic E-state index is 0.472. The summed E-state index contributed by atoms with van der Waals surface area (Å²) in [7, 11) is 1.64. The zero-order chi connectivity index (χ0) is 13.5. The Labute approximate surface area is 113 Å². The Hall–Kier alpha value is -2.23. The van der Waals surface area contributed by atoms with Crippen molar-refractivity contribution in [1.82, 2.24) is 4.98 Å². The van der Waals surface area contributed by atoms with E-state index in [1.54, 1.807) is 19.5 Å². The molecule has 0 unspecified atom stereocenters. The van der Waals surface area contributed by atoms with Gasteiger partial charge in [0.2, 0.25) is 0 Å². The van der Waals surface area contributed by atoms with Crippen LogP contribution in [0.15, 0.2) is 42.7 Å². The van der Waals surface area contributed by atoms with Crippen molar-refractivity contribution in [2.45, 2.75) is 13.5 Å². The van der Waals surface area contributed by atoms with Gasteiger partial charge < -0.3 is 14.8 Å². The second kappa shape index (κ2) is 6.64. The summed E-state index contributed by atoms with van der Waals surface area (Å²) in [6.07, 6.45) is 3.54. The van der Waals surface area contributed by atoms with Crippen LogP contribution in [0.5, 0.6) is 11.5 Å².